The second kappa shape index (κ2) is 7.92. The fourth-order valence-corrected chi connectivity index (χ4v) is 3.60. The van der Waals surface area contributed by atoms with E-state index in [-0.39, 0.29) is 12.4 Å². The lowest BCUT2D eigenvalue weighted by Crippen LogP contribution is -2.50. The minimum atomic E-state index is 0. The predicted octanol–water partition coefficient (Wildman–Crippen LogP) is 2.85. The van der Waals surface area contributed by atoms with Gasteiger partial charge in [-0.3, -0.25) is 9.80 Å². The van der Waals surface area contributed by atoms with Crippen molar-refractivity contribution in [2.45, 2.75) is 26.1 Å². The van der Waals surface area contributed by atoms with Gasteiger partial charge in [-0.1, -0.05) is 30.3 Å². The third-order valence-electron chi connectivity index (χ3n) is 4.03. The first kappa shape index (κ1) is 17.2. The fraction of sp³-hybridized carbons (Fsp3) is 0.438. The van der Waals surface area contributed by atoms with E-state index in [0.29, 0.717) is 11.2 Å². The molecule has 1 aromatic carbocycles. The van der Waals surface area contributed by atoms with Crippen LogP contribution in [0.2, 0.25) is 0 Å². The van der Waals surface area contributed by atoms with Gasteiger partial charge in [0.1, 0.15) is 0 Å². The molecule has 1 saturated heterocycles. The van der Waals surface area contributed by atoms with Crippen molar-refractivity contribution in [3.05, 3.63) is 47.0 Å². The highest BCUT2D eigenvalue weighted by Gasteiger charge is 2.24. The van der Waals surface area contributed by atoms with Gasteiger partial charge in [-0.2, -0.15) is 0 Å². The number of piperazine rings is 1. The summed E-state index contributed by atoms with van der Waals surface area (Å²) >= 11 is 1.60. The van der Waals surface area contributed by atoms with Crippen molar-refractivity contribution in [2.75, 3.05) is 25.4 Å². The molecule has 1 aromatic heterocycles. The second-order valence-corrected chi connectivity index (χ2v) is 6.85. The Bertz CT molecular complexity index is 575. The van der Waals surface area contributed by atoms with Crippen LogP contribution in [0.4, 0.5) is 5.13 Å². The molecule has 1 atom stereocenters. The van der Waals surface area contributed by atoms with Crippen LogP contribution in [0, 0.1) is 0 Å². The fourth-order valence-electron chi connectivity index (χ4n) is 2.89. The lowest BCUT2D eigenvalue weighted by Gasteiger charge is -2.39. The first-order chi connectivity index (χ1) is 10.2. The van der Waals surface area contributed by atoms with E-state index in [1.807, 2.05) is 6.20 Å². The largest absolute Gasteiger partial charge is 0.375 e. The molecule has 0 bridgehead atoms. The molecule has 2 N–H and O–H groups in total. The van der Waals surface area contributed by atoms with Crippen molar-refractivity contribution in [3.63, 3.8) is 0 Å². The molecular weight excluding hydrogens is 316 g/mol. The van der Waals surface area contributed by atoms with E-state index < -0.39 is 0 Å². The Morgan fingerprint density at radius 1 is 1.23 bits per heavy atom. The second-order valence-electron chi connectivity index (χ2n) is 5.71. The number of benzene rings is 1. The van der Waals surface area contributed by atoms with Crippen LogP contribution in [0.25, 0.3) is 0 Å². The number of nitrogens with zero attached hydrogens (tertiary/aromatic N) is 3. The molecule has 2 aromatic rings. The Kier molecular flexibility index (Phi) is 6.20. The van der Waals surface area contributed by atoms with Gasteiger partial charge in [0.15, 0.2) is 5.13 Å². The molecule has 1 aliphatic heterocycles. The molecule has 3 rings (SSSR count). The molecular formula is C16H23ClN4S. The first-order valence-electron chi connectivity index (χ1n) is 7.41. The smallest absolute Gasteiger partial charge is 0.180 e. The van der Waals surface area contributed by atoms with Crippen LogP contribution < -0.4 is 5.73 Å². The lowest BCUT2D eigenvalue weighted by atomic mass is 10.1. The zero-order chi connectivity index (χ0) is 14.7. The molecule has 0 aliphatic carbocycles. The van der Waals surface area contributed by atoms with Crippen molar-refractivity contribution in [3.8, 4) is 0 Å². The molecule has 6 heteroatoms. The molecule has 0 saturated carbocycles. The molecule has 0 radical (unpaired) electrons. The number of halogens is 1. The predicted molar refractivity (Wildman–Crippen MR) is 95.4 cm³/mol. The average Bonchev–Trinajstić information content (AvgIpc) is 2.88. The summed E-state index contributed by atoms with van der Waals surface area (Å²) in [5, 5.41) is 0.667. The van der Waals surface area contributed by atoms with Crippen molar-refractivity contribution >= 4 is 28.9 Å². The van der Waals surface area contributed by atoms with Crippen LogP contribution in [-0.4, -0.2) is 40.5 Å². The Labute approximate surface area is 142 Å². The highest BCUT2D eigenvalue weighted by molar-refractivity contribution is 7.15. The molecule has 1 fully saturated rings. The van der Waals surface area contributed by atoms with E-state index in [4.69, 9.17) is 5.73 Å². The number of hydrogen-bond acceptors (Lipinski definition) is 5. The van der Waals surface area contributed by atoms with E-state index in [0.717, 1.165) is 32.7 Å². The SMILES string of the molecule is CC1CN(Cc2ccccc2)CCN1Cc1cnc(N)s1.Cl. The van der Waals surface area contributed by atoms with Gasteiger partial charge >= 0.3 is 0 Å². The molecule has 120 valence electrons. The number of nitrogen functional groups attached to an aromatic ring is 1. The number of hydrogen-bond donors (Lipinski definition) is 1. The summed E-state index contributed by atoms with van der Waals surface area (Å²) in [7, 11) is 0. The Balaban J connectivity index is 0.00000176. The van der Waals surface area contributed by atoms with Gasteiger partial charge in [0, 0.05) is 49.8 Å². The monoisotopic (exact) mass is 338 g/mol. The summed E-state index contributed by atoms with van der Waals surface area (Å²) in [6.07, 6.45) is 1.91. The van der Waals surface area contributed by atoms with Crippen LogP contribution in [0.3, 0.4) is 0 Å². The summed E-state index contributed by atoms with van der Waals surface area (Å²) in [5.41, 5.74) is 7.10. The molecule has 1 unspecified atom stereocenters. The van der Waals surface area contributed by atoms with E-state index in [1.54, 1.807) is 11.3 Å². The summed E-state index contributed by atoms with van der Waals surface area (Å²) in [6, 6.07) is 11.3. The summed E-state index contributed by atoms with van der Waals surface area (Å²) in [5.74, 6) is 0. The zero-order valence-electron chi connectivity index (χ0n) is 12.8. The van der Waals surface area contributed by atoms with Gasteiger partial charge < -0.3 is 5.73 Å². The highest BCUT2D eigenvalue weighted by atomic mass is 35.5. The number of nitrogens with two attached hydrogens (primary N) is 1. The van der Waals surface area contributed by atoms with Crippen LogP contribution >= 0.6 is 23.7 Å². The van der Waals surface area contributed by atoms with Crippen LogP contribution in [0.1, 0.15) is 17.4 Å². The van der Waals surface area contributed by atoms with Gasteiger partial charge in [0.05, 0.1) is 0 Å². The van der Waals surface area contributed by atoms with Gasteiger partial charge in [-0.15, -0.1) is 23.7 Å². The molecule has 1 aliphatic rings. The number of anilines is 1. The van der Waals surface area contributed by atoms with Gasteiger partial charge in [0.2, 0.25) is 0 Å². The Morgan fingerprint density at radius 3 is 2.64 bits per heavy atom. The van der Waals surface area contributed by atoms with Gasteiger partial charge in [-0.05, 0) is 12.5 Å². The number of thiazole rings is 1. The minimum Gasteiger partial charge on any atom is -0.375 e. The quantitative estimate of drug-likeness (QED) is 0.931. The maximum atomic E-state index is 5.71. The van der Waals surface area contributed by atoms with Crippen LogP contribution in [-0.2, 0) is 13.1 Å². The van der Waals surface area contributed by atoms with Gasteiger partial charge in [0.25, 0.3) is 0 Å². The highest BCUT2D eigenvalue weighted by Crippen LogP contribution is 2.20. The maximum Gasteiger partial charge on any atom is 0.180 e. The third kappa shape index (κ3) is 4.43. The van der Waals surface area contributed by atoms with E-state index in [1.165, 1.54) is 10.4 Å². The average molecular weight is 339 g/mol. The van der Waals surface area contributed by atoms with Crippen molar-refractivity contribution in [1.29, 1.82) is 0 Å². The van der Waals surface area contributed by atoms with Crippen LogP contribution in [0.5, 0.6) is 0 Å². The molecule has 2 heterocycles. The topological polar surface area (TPSA) is 45.4 Å². The van der Waals surface area contributed by atoms with Crippen LogP contribution in [0.15, 0.2) is 36.5 Å². The maximum absolute atomic E-state index is 5.71. The standard InChI is InChI=1S/C16H22N4S.ClH/c1-13-10-19(11-14-5-3-2-4-6-14)7-8-20(13)12-15-9-18-16(17)21-15;/h2-6,9,13H,7-8,10-12H2,1H3,(H2,17,18);1H. The van der Waals surface area contributed by atoms with Crippen molar-refractivity contribution in [2.24, 2.45) is 0 Å². The van der Waals surface area contributed by atoms with Crippen molar-refractivity contribution in [1.82, 2.24) is 14.8 Å². The van der Waals surface area contributed by atoms with Crippen molar-refractivity contribution < 1.29 is 0 Å². The first-order valence-corrected chi connectivity index (χ1v) is 8.23. The molecule has 0 amide bonds. The zero-order valence-corrected chi connectivity index (χ0v) is 14.4. The van der Waals surface area contributed by atoms with Gasteiger partial charge in [-0.25, -0.2) is 4.98 Å². The Morgan fingerprint density at radius 2 is 2.00 bits per heavy atom. The van der Waals surface area contributed by atoms with E-state index in [9.17, 15) is 0 Å². The number of rotatable bonds is 4. The minimum absolute atomic E-state index is 0. The summed E-state index contributed by atoms with van der Waals surface area (Å²) < 4.78 is 0. The van der Waals surface area contributed by atoms with E-state index in [2.05, 4.69) is 52.0 Å². The normalized spacial score (nSPS) is 19.8. The molecule has 22 heavy (non-hydrogen) atoms. The Hall–Kier alpha value is -1.14. The summed E-state index contributed by atoms with van der Waals surface area (Å²) in [6.45, 7) is 7.66. The van der Waals surface area contributed by atoms with E-state index >= 15 is 0 Å². The molecule has 4 nitrogen and oxygen atoms in total. The number of aromatic nitrogens is 1. The third-order valence-corrected chi connectivity index (χ3v) is 4.84. The lowest BCUT2D eigenvalue weighted by molar-refractivity contribution is 0.0740. The summed E-state index contributed by atoms with van der Waals surface area (Å²) in [4.78, 5) is 10.5. The molecule has 0 spiro atoms.